The Hall–Kier alpha value is -1.87. The number of benzene rings is 1. The minimum Gasteiger partial charge on any atom is -0.399 e. The molecular formula is C10H10BrN5O2S. The smallest absolute Gasteiger partial charge is 0.264 e. The maximum Gasteiger partial charge on any atom is 0.264 e. The fourth-order valence-electron chi connectivity index (χ4n) is 1.26. The summed E-state index contributed by atoms with van der Waals surface area (Å²) >= 11 is 3.12. The molecule has 0 atom stereocenters. The van der Waals surface area contributed by atoms with Crippen LogP contribution in [0.1, 0.15) is 0 Å². The van der Waals surface area contributed by atoms with Crippen molar-refractivity contribution in [2.45, 2.75) is 4.90 Å². The summed E-state index contributed by atoms with van der Waals surface area (Å²) in [6.45, 7) is 0. The number of aromatic nitrogens is 2. The lowest BCUT2D eigenvalue weighted by Gasteiger charge is -2.07. The molecule has 0 unspecified atom stereocenters. The zero-order valence-corrected chi connectivity index (χ0v) is 11.9. The van der Waals surface area contributed by atoms with Crippen LogP contribution in [0.3, 0.4) is 0 Å². The zero-order chi connectivity index (χ0) is 14.0. The number of sulfonamides is 1. The molecule has 0 saturated carbocycles. The molecule has 0 fully saturated rings. The van der Waals surface area contributed by atoms with Gasteiger partial charge in [-0.3, -0.25) is 0 Å². The minimum atomic E-state index is -3.76. The van der Waals surface area contributed by atoms with E-state index in [1.807, 2.05) is 0 Å². The minimum absolute atomic E-state index is 0.0618. The summed E-state index contributed by atoms with van der Waals surface area (Å²) in [4.78, 5) is 7.68. The first kappa shape index (κ1) is 13.6. The number of halogens is 1. The third-order valence-electron chi connectivity index (χ3n) is 2.19. The van der Waals surface area contributed by atoms with Crippen LogP contribution in [-0.4, -0.2) is 18.4 Å². The fraction of sp³-hybridized carbons (Fsp3) is 0. The Morgan fingerprint density at radius 2 is 1.79 bits per heavy atom. The van der Waals surface area contributed by atoms with Gasteiger partial charge in [-0.2, -0.15) is 4.98 Å². The second kappa shape index (κ2) is 5.02. The Morgan fingerprint density at radius 1 is 1.16 bits per heavy atom. The largest absolute Gasteiger partial charge is 0.399 e. The molecule has 0 bridgehead atoms. The number of nitrogens with two attached hydrogens (primary N) is 2. The number of rotatable bonds is 3. The molecule has 7 nitrogen and oxygen atoms in total. The van der Waals surface area contributed by atoms with Crippen LogP contribution in [0.4, 0.5) is 17.5 Å². The molecule has 2 rings (SSSR count). The summed E-state index contributed by atoms with van der Waals surface area (Å²) in [5.74, 6) is 0.0440. The van der Waals surface area contributed by atoms with Crippen molar-refractivity contribution in [1.82, 2.24) is 9.97 Å². The first-order valence-electron chi connectivity index (χ1n) is 5.05. The van der Waals surface area contributed by atoms with E-state index in [2.05, 4.69) is 30.6 Å². The van der Waals surface area contributed by atoms with Crippen molar-refractivity contribution >= 4 is 43.4 Å². The Labute approximate surface area is 118 Å². The molecule has 0 aliphatic carbocycles. The van der Waals surface area contributed by atoms with Crippen LogP contribution in [0, 0.1) is 0 Å². The third kappa shape index (κ3) is 3.12. The van der Waals surface area contributed by atoms with Crippen LogP contribution in [0.15, 0.2) is 39.8 Å². The average molecular weight is 344 g/mol. The lowest BCUT2D eigenvalue weighted by Crippen LogP contribution is -2.15. The lowest BCUT2D eigenvalue weighted by molar-refractivity contribution is 0.601. The first-order valence-corrected chi connectivity index (χ1v) is 7.32. The number of nitrogen functional groups attached to an aromatic ring is 2. The highest BCUT2D eigenvalue weighted by molar-refractivity contribution is 9.10. The molecule has 0 spiro atoms. The molecule has 1 aromatic heterocycles. The molecule has 1 heterocycles. The fourth-order valence-corrected chi connectivity index (χ4v) is 2.40. The molecule has 0 aliphatic rings. The maximum atomic E-state index is 12.0. The van der Waals surface area contributed by atoms with Gasteiger partial charge in [0.2, 0.25) is 5.95 Å². The van der Waals surface area contributed by atoms with Gasteiger partial charge in [0.1, 0.15) is 5.82 Å². The summed E-state index contributed by atoms with van der Waals surface area (Å²) in [6.07, 6.45) is 1.36. The Morgan fingerprint density at radius 3 is 2.37 bits per heavy atom. The standard InChI is InChI=1S/C10H10BrN5O2S/c11-8-5-14-10(15-9(8)13)16-19(17,18)7-3-1-6(12)2-4-7/h1-5H,12H2,(H3,13,14,15,16). The van der Waals surface area contributed by atoms with E-state index in [0.29, 0.717) is 10.2 Å². The van der Waals surface area contributed by atoms with E-state index in [1.165, 1.54) is 30.5 Å². The summed E-state index contributed by atoms with van der Waals surface area (Å²) in [6, 6.07) is 5.76. The van der Waals surface area contributed by atoms with E-state index >= 15 is 0 Å². The molecular weight excluding hydrogens is 334 g/mol. The maximum absolute atomic E-state index is 12.0. The van der Waals surface area contributed by atoms with E-state index in [0.717, 1.165) is 0 Å². The summed E-state index contributed by atoms with van der Waals surface area (Å²) in [5, 5.41) is 0. The molecule has 5 N–H and O–H groups in total. The lowest BCUT2D eigenvalue weighted by atomic mass is 10.3. The molecule has 2 aromatic rings. The van der Waals surface area contributed by atoms with Crippen LogP contribution in [0.25, 0.3) is 0 Å². The van der Waals surface area contributed by atoms with Gasteiger partial charge in [0.25, 0.3) is 10.0 Å². The van der Waals surface area contributed by atoms with Crippen molar-refractivity contribution in [3.05, 3.63) is 34.9 Å². The number of hydrogen-bond donors (Lipinski definition) is 3. The highest BCUT2D eigenvalue weighted by atomic mass is 79.9. The first-order chi connectivity index (χ1) is 8.88. The van der Waals surface area contributed by atoms with Gasteiger partial charge >= 0.3 is 0 Å². The molecule has 0 radical (unpaired) electrons. The van der Waals surface area contributed by atoms with Crippen molar-refractivity contribution < 1.29 is 8.42 Å². The van der Waals surface area contributed by atoms with Gasteiger partial charge < -0.3 is 11.5 Å². The number of nitrogens with zero attached hydrogens (tertiary/aromatic N) is 2. The Bertz CT molecular complexity index is 702. The van der Waals surface area contributed by atoms with Crippen LogP contribution in [0.5, 0.6) is 0 Å². The van der Waals surface area contributed by atoms with Gasteiger partial charge in [-0.1, -0.05) is 0 Å². The zero-order valence-electron chi connectivity index (χ0n) is 9.54. The van der Waals surface area contributed by atoms with Crippen LogP contribution < -0.4 is 16.2 Å². The molecule has 1 aromatic carbocycles. The summed E-state index contributed by atoms with van der Waals surface area (Å²) < 4.78 is 26.8. The molecule has 0 saturated heterocycles. The van der Waals surface area contributed by atoms with E-state index in [4.69, 9.17) is 11.5 Å². The number of hydrogen-bond acceptors (Lipinski definition) is 6. The van der Waals surface area contributed by atoms with E-state index in [9.17, 15) is 8.42 Å². The van der Waals surface area contributed by atoms with E-state index in [1.54, 1.807) is 0 Å². The molecule has 0 aliphatic heterocycles. The van der Waals surface area contributed by atoms with E-state index < -0.39 is 10.0 Å². The van der Waals surface area contributed by atoms with Gasteiger partial charge in [-0.25, -0.2) is 18.1 Å². The monoisotopic (exact) mass is 343 g/mol. The van der Waals surface area contributed by atoms with Gasteiger partial charge in [0.05, 0.1) is 9.37 Å². The van der Waals surface area contributed by atoms with Gasteiger partial charge in [-0.05, 0) is 40.2 Å². The van der Waals surface area contributed by atoms with Crippen molar-refractivity contribution in [3.63, 3.8) is 0 Å². The van der Waals surface area contributed by atoms with Crippen molar-refractivity contribution in [1.29, 1.82) is 0 Å². The van der Waals surface area contributed by atoms with Gasteiger partial charge in [0, 0.05) is 11.9 Å². The van der Waals surface area contributed by atoms with Crippen LogP contribution in [0.2, 0.25) is 0 Å². The molecule has 9 heteroatoms. The topological polar surface area (TPSA) is 124 Å². The van der Waals surface area contributed by atoms with Gasteiger partial charge in [-0.15, -0.1) is 0 Å². The molecule has 0 amide bonds. The van der Waals surface area contributed by atoms with Crippen molar-refractivity contribution in [2.75, 3.05) is 16.2 Å². The molecule has 100 valence electrons. The Balaban J connectivity index is 2.30. The molecule has 19 heavy (non-hydrogen) atoms. The highest BCUT2D eigenvalue weighted by Gasteiger charge is 2.15. The quantitative estimate of drug-likeness (QED) is 0.719. The third-order valence-corrected chi connectivity index (χ3v) is 4.14. The number of anilines is 3. The Kier molecular flexibility index (Phi) is 3.58. The predicted octanol–water partition coefficient (Wildman–Crippen LogP) is 1.20. The van der Waals surface area contributed by atoms with E-state index in [-0.39, 0.29) is 16.7 Å². The normalized spacial score (nSPS) is 11.2. The second-order valence-electron chi connectivity index (χ2n) is 3.60. The summed E-state index contributed by atoms with van der Waals surface area (Å²) in [7, 11) is -3.76. The van der Waals surface area contributed by atoms with Crippen LogP contribution in [-0.2, 0) is 10.0 Å². The highest BCUT2D eigenvalue weighted by Crippen LogP contribution is 2.19. The number of nitrogens with one attached hydrogen (secondary N) is 1. The van der Waals surface area contributed by atoms with Crippen molar-refractivity contribution in [2.24, 2.45) is 0 Å². The second-order valence-corrected chi connectivity index (χ2v) is 6.14. The van der Waals surface area contributed by atoms with Crippen LogP contribution >= 0.6 is 15.9 Å². The SMILES string of the molecule is Nc1ccc(S(=O)(=O)Nc2ncc(Br)c(N)n2)cc1. The van der Waals surface area contributed by atoms with Crippen molar-refractivity contribution in [3.8, 4) is 0 Å². The van der Waals surface area contributed by atoms with Gasteiger partial charge in [0.15, 0.2) is 0 Å². The summed E-state index contributed by atoms with van der Waals surface area (Å²) in [5.41, 5.74) is 11.5. The average Bonchev–Trinajstić information content (AvgIpc) is 2.34. The predicted molar refractivity (Wildman–Crippen MR) is 75.8 cm³/mol.